The molecule has 0 aliphatic carbocycles. The van der Waals surface area contributed by atoms with Crippen LogP contribution in [0.15, 0.2) is 24.3 Å². The zero-order valence-electron chi connectivity index (χ0n) is 11.9. The van der Waals surface area contributed by atoms with E-state index in [1.807, 2.05) is 0 Å². The molecular weight excluding hydrogens is 220 g/mol. The van der Waals surface area contributed by atoms with Gasteiger partial charge in [-0.15, -0.1) is 0 Å². The molecule has 1 fully saturated rings. The lowest BCUT2D eigenvalue weighted by molar-refractivity contribution is 0.444. The number of anilines is 1. The zero-order valence-corrected chi connectivity index (χ0v) is 11.9. The first-order valence-electron chi connectivity index (χ1n) is 7.27. The Balaban J connectivity index is 2.26. The van der Waals surface area contributed by atoms with Crippen molar-refractivity contribution in [3.63, 3.8) is 0 Å². The summed E-state index contributed by atoms with van der Waals surface area (Å²) in [5.74, 6) is 0.821. The highest BCUT2D eigenvalue weighted by molar-refractivity contribution is 5.55. The van der Waals surface area contributed by atoms with Gasteiger partial charge in [-0.25, -0.2) is 0 Å². The molecule has 2 unspecified atom stereocenters. The Morgan fingerprint density at radius 3 is 2.83 bits per heavy atom. The van der Waals surface area contributed by atoms with Crippen LogP contribution < -0.4 is 10.2 Å². The van der Waals surface area contributed by atoms with Gasteiger partial charge in [-0.05, 0) is 43.9 Å². The summed E-state index contributed by atoms with van der Waals surface area (Å²) in [6, 6.07) is 9.36. The minimum Gasteiger partial charge on any atom is -0.371 e. The van der Waals surface area contributed by atoms with Gasteiger partial charge in [0.2, 0.25) is 0 Å². The van der Waals surface area contributed by atoms with E-state index < -0.39 is 0 Å². The van der Waals surface area contributed by atoms with E-state index in [9.17, 15) is 0 Å². The number of para-hydroxylation sites is 1. The summed E-state index contributed by atoms with van der Waals surface area (Å²) in [7, 11) is 2.06. The molecule has 0 radical (unpaired) electrons. The van der Waals surface area contributed by atoms with Gasteiger partial charge in [0.25, 0.3) is 0 Å². The number of nitrogens with zero attached hydrogens (tertiary/aromatic N) is 1. The lowest BCUT2D eigenvalue weighted by Crippen LogP contribution is -2.35. The summed E-state index contributed by atoms with van der Waals surface area (Å²) < 4.78 is 0. The molecule has 1 N–H and O–H groups in total. The van der Waals surface area contributed by atoms with E-state index in [0.717, 1.165) is 12.3 Å². The molecule has 18 heavy (non-hydrogen) atoms. The summed E-state index contributed by atoms with van der Waals surface area (Å²) in [5.41, 5.74) is 2.89. The summed E-state index contributed by atoms with van der Waals surface area (Å²) in [6.07, 6.45) is 3.84. The molecule has 2 heteroatoms. The van der Waals surface area contributed by atoms with Crippen LogP contribution >= 0.6 is 0 Å². The molecule has 0 amide bonds. The first kappa shape index (κ1) is 13.4. The van der Waals surface area contributed by atoms with Crippen LogP contribution in [0.4, 0.5) is 5.69 Å². The van der Waals surface area contributed by atoms with E-state index in [2.05, 4.69) is 55.4 Å². The Bertz CT molecular complexity index is 371. The van der Waals surface area contributed by atoms with Crippen LogP contribution in [0, 0.1) is 5.92 Å². The van der Waals surface area contributed by atoms with Crippen LogP contribution in [-0.4, -0.2) is 20.1 Å². The molecule has 0 aromatic heterocycles. The average Bonchev–Trinajstić information content (AvgIpc) is 2.41. The van der Waals surface area contributed by atoms with Gasteiger partial charge in [-0.2, -0.15) is 0 Å². The molecular formula is C16H26N2. The second kappa shape index (κ2) is 6.24. The van der Waals surface area contributed by atoms with Crippen LogP contribution in [0.5, 0.6) is 0 Å². The number of rotatable bonds is 4. The Kier molecular flexibility index (Phi) is 4.65. The van der Waals surface area contributed by atoms with Gasteiger partial charge in [0.1, 0.15) is 0 Å². The van der Waals surface area contributed by atoms with Crippen molar-refractivity contribution in [2.75, 3.05) is 25.0 Å². The molecule has 1 aliphatic heterocycles. The molecule has 2 atom stereocenters. The van der Waals surface area contributed by atoms with E-state index >= 15 is 0 Å². The minimum atomic E-state index is 0.471. The maximum absolute atomic E-state index is 3.43. The van der Waals surface area contributed by atoms with Crippen molar-refractivity contribution < 1.29 is 0 Å². The van der Waals surface area contributed by atoms with Crippen molar-refractivity contribution in [3.8, 4) is 0 Å². The van der Waals surface area contributed by atoms with Crippen molar-refractivity contribution >= 4 is 5.69 Å². The summed E-state index contributed by atoms with van der Waals surface area (Å²) in [4.78, 5) is 2.57. The smallest absolute Gasteiger partial charge is 0.0414 e. The molecule has 1 aromatic rings. The highest BCUT2D eigenvalue weighted by Gasteiger charge is 2.20. The Morgan fingerprint density at radius 1 is 1.39 bits per heavy atom. The van der Waals surface area contributed by atoms with Crippen molar-refractivity contribution in [1.82, 2.24) is 5.32 Å². The van der Waals surface area contributed by atoms with Crippen molar-refractivity contribution in [2.24, 2.45) is 5.92 Å². The Morgan fingerprint density at radius 2 is 2.17 bits per heavy atom. The number of piperidine rings is 1. The van der Waals surface area contributed by atoms with Gasteiger partial charge in [-0.3, -0.25) is 0 Å². The largest absolute Gasteiger partial charge is 0.371 e. The first-order valence-corrected chi connectivity index (χ1v) is 7.27. The number of nitrogens with one attached hydrogen (secondary N) is 1. The molecule has 1 aromatic carbocycles. The van der Waals surface area contributed by atoms with Crippen molar-refractivity contribution in [3.05, 3.63) is 29.8 Å². The lowest BCUT2D eigenvalue weighted by atomic mass is 9.96. The van der Waals surface area contributed by atoms with Gasteiger partial charge in [0.05, 0.1) is 0 Å². The van der Waals surface area contributed by atoms with Crippen LogP contribution in [0.3, 0.4) is 0 Å². The van der Waals surface area contributed by atoms with Gasteiger partial charge in [-0.1, -0.05) is 32.0 Å². The molecule has 2 rings (SSSR count). The quantitative estimate of drug-likeness (QED) is 0.873. The highest BCUT2D eigenvalue weighted by Crippen LogP contribution is 2.31. The zero-order chi connectivity index (χ0) is 13.0. The Hall–Kier alpha value is -1.02. The monoisotopic (exact) mass is 246 g/mol. The Labute approximate surface area is 111 Å². The van der Waals surface area contributed by atoms with Crippen LogP contribution in [0.25, 0.3) is 0 Å². The first-order chi connectivity index (χ1) is 8.76. The SMILES string of the molecule is CCC(NC)c1ccccc1N1CCCC(C)C1. The van der Waals surface area contributed by atoms with Crippen molar-refractivity contribution in [1.29, 1.82) is 0 Å². The molecule has 100 valence electrons. The molecule has 1 heterocycles. The third-order valence-corrected chi connectivity index (χ3v) is 4.07. The molecule has 0 spiro atoms. The lowest BCUT2D eigenvalue weighted by Gasteiger charge is -2.35. The number of hydrogen-bond acceptors (Lipinski definition) is 2. The fourth-order valence-electron chi connectivity index (χ4n) is 3.06. The van der Waals surface area contributed by atoms with E-state index in [1.165, 1.54) is 37.2 Å². The van der Waals surface area contributed by atoms with Gasteiger partial charge in [0, 0.05) is 24.8 Å². The van der Waals surface area contributed by atoms with Gasteiger partial charge >= 0.3 is 0 Å². The average molecular weight is 246 g/mol. The van der Waals surface area contributed by atoms with Crippen LogP contribution in [0.2, 0.25) is 0 Å². The normalized spacial score (nSPS) is 21.9. The van der Waals surface area contributed by atoms with E-state index in [4.69, 9.17) is 0 Å². The summed E-state index contributed by atoms with van der Waals surface area (Å²) in [5, 5.41) is 3.43. The maximum Gasteiger partial charge on any atom is 0.0414 e. The van der Waals surface area contributed by atoms with Gasteiger partial charge < -0.3 is 10.2 Å². The second-order valence-corrected chi connectivity index (χ2v) is 5.50. The standard InChI is InChI=1S/C16H26N2/c1-4-15(17-3)14-9-5-6-10-16(14)18-11-7-8-13(2)12-18/h5-6,9-10,13,15,17H,4,7-8,11-12H2,1-3H3. The van der Waals surface area contributed by atoms with Crippen LogP contribution in [-0.2, 0) is 0 Å². The predicted octanol–water partition coefficient (Wildman–Crippen LogP) is 3.59. The third kappa shape index (κ3) is 2.86. The number of hydrogen-bond donors (Lipinski definition) is 1. The maximum atomic E-state index is 3.43. The molecule has 0 saturated carbocycles. The minimum absolute atomic E-state index is 0.471. The topological polar surface area (TPSA) is 15.3 Å². The third-order valence-electron chi connectivity index (χ3n) is 4.07. The summed E-state index contributed by atoms with van der Waals surface area (Å²) >= 11 is 0. The fraction of sp³-hybridized carbons (Fsp3) is 0.625. The van der Waals surface area contributed by atoms with E-state index in [0.29, 0.717) is 6.04 Å². The van der Waals surface area contributed by atoms with E-state index in [-0.39, 0.29) is 0 Å². The number of benzene rings is 1. The van der Waals surface area contributed by atoms with E-state index in [1.54, 1.807) is 0 Å². The summed E-state index contributed by atoms with van der Waals surface area (Å²) in [6.45, 7) is 7.03. The molecule has 0 bridgehead atoms. The molecule has 1 saturated heterocycles. The van der Waals surface area contributed by atoms with Gasteiger partial charge in [0.15, 0.2) is 0 Å². The van der Waals surface area contributed by atoms with Crippen LogP contribution in [0.1, 0.15) is 44.7 Å². The highest BCUT2D eigenvalue weighted by atomic mass is 15.1. The molecule has 1 aliphatic rings. The predicted molar refractivity (Wildman–Crippen MR) is 79.1 cm³/mol. The van der Waals surface area contributed by atoms with Crippen molar-refractivity contribution in [2.45, 2.75) is 39.2 Å². The second-order valence-electron chi connectivity index (χ2n) is 5.50. The molecule has 2 nitrogen and oxygen atoms in total. The fourth-order valence-corrected chi connectivity index (χ4v) is 3.06.